The minimum Gasteiger partial charge on any atom is -0.455 e. The summed E-state index contributed by atoms with van der Waals surface area (Å²) in [6, 6.07) is 80.5. The molecular formula is C66H48N2O. The van der Waals surface area contributed by atoms with E-state index in [0.717, 1.165) is 50.1 Å². The van der Waals surface area contributed by atoms with Gasteiger partial charge in [-0.15, -0.1) is 0 Å². The summed E-state index contributed by atoms with van der Waals surface area (Å²) in [5, 5.41) is 4.78. The number of hydrogen-bond donors (Lipinski definition) is 0. The second-order valence-corrected chi connectivity index (χ2v) is 20.1. The topological polar surface area (TPSA) is 21.3 Å². The van der Waals surface area contributed by atoms with Crippen LogP contribution in [-0.2, 0) is 10.8 Å². The van der Waals surface area contributed by atoms with Crippen LogP contribution in [-0.4, -0.2) is 4.57 Å². The van der Waals surface area contributed by atoms with Gasteiger partial charge in [0.15, 0.2) is 0 Å². The molecule has 12 aromatic rings. The minimum absolute atomic E-state index is 0.0950. The fourth-order valence-corrected chi connectivity index (χ4v) is 12.2. The van der Waals surface area contributed by atoms with E-state index in [1.165, 1.54) is 83.1 Å². The summed E-state index contributed by atoms with van der Waals surface area (Å²) in [7, 11) is 0. The Morgan fingerprint density at radius 3 is 1.86 bits per heavy atom. The van der Waals surface area contributed by atoms with Gasteiger partial charge in [-0.2, -0.15) is 0 Å². The molecule has 0 bridgehead atoms. The van der Waals surface area contributed by atoms with Crippen LogP contribution < -0.4 is 4.90 Å². The van der Waals surface area contributed by atoms with Crippen LogP contribution in [0.1, 0.15) is 49.9 Å². The molecule has 0 unspecified atom stereocenters. The molecule has 3 nitrogen and oxygen atoms in total. The first-order valence-corrected chi connectivity index (χ1v) is 24.2. The molecule has 10 aromatic carbocycles. The molecule has 0 saturated carbocycles. The smallest absolute Gasteiger partial charge is 0.143 e. The van der Waals surface area contributed by atoms with Crippen LogP contribution in [0.4, 0.5) is 17.1 Å². The van der Waals surface area contributed by atoms with E-state index >= 15 is 0 Å². The maximum atomic E-state index is 6.59. The first-order chi connectivity index (χ1) is 33.7. The number of aromatic nitrogens is 1. The molecule has 0 N–H and O–H groups in total. The lowest BCUT2D eigenvalue weighted by Crippen LogP contribution is -2.16. The van der Waals surface area contributed by atoms with Crippen LogP contribution in [0, 0.1) is 0 Å². The minimum atomic E-state index is -0.141. The molecule has 0 amide bonds. The summed E-state index contributed by atoms with van der Waals surface area (Å²) in [6.45, 7) is 9.45. The van der Waals surface area contributed by atoms with Crippen molar-refractivity contribution < 1.29 is 4.42 Å². The highest BCUT2D eigenvalue weighted by Gasteiger charge is 2.38. The Morgan fingerprint density at radius 1 is 0.377 bits per heavy atom. The van der Waals surface area contributed by atoms with E-state index in [0.29, 0.717) is 0 Å². The number of benzene rings is 10. The Morgan fingerprint density at radius 2 is 1.01 bits per heavy atom. The van der Waals surface area contributed by atoms with Gasteiger partial charge in [-0.1, -0.05) is 173 Å². The van der Waals surface area contributed by atoms with E-state index in [9.17, 15) is 0 Å². The fraction of sp³-hybridized carbons (Fsp3) is 0.0909. The molecule has 0 fully saturated rings. The molecule has 3 heteroatoms. The van der Waals surface area contributed by atoms with E-state index < -0.39 is 0 Å². The summed E-state index contributed by atoms with van der Waals surface area (Å²) in [5.74, 6) is 0. The maximum Gasteiger partial charge on any atom is 0.143 e. The average molecular weight is 885 g/mol. The van der Waals surface area contributed by atoms with Crippen molar-refractivity contribution in [3.63, 3.8) is 0 Å². The quantitative estimate of drug-likeness (QED) is 0.166. The molecule has 2 aliphatic rings. The van der Waals surface area contributed by atoms with Gasteiger partial charge in [0.25, 0.3) is 0 Å². The first kappa shape index (κ1) is 39.7. The summed E-state index contributed by atoms with van der Waals surface area (Å²) < 4.78 is 9.04. The van der Waals surface area contributed by atoms with Gasteiger partial charge >= 0.3 is 0 Å². The molecular weight excluding hydrogens is 837 g/mol. The number of anilines is 3. The van der Waals surface area contributed by atoms with E-state index in [1.807, 2.05) is 6.07 Å². The Labute approximate surface area is 402 Å². The molecule has 328 valence electrons. The van der Waals surface area contributed by atoms with Gasteiger partial charge in [0, 0.05) is 60.6 Å². The van der Waals surface area contributed by atoms with Crippen molar-refractivity contribution in [1.29, 1.82) is 0 Å². The number of hydrogen-bond acceptors (Lipinski definition) is 2. The highest BCUT2D eigenvalue weighted by atomic mass is 16.3. The van der Waals surface area contributed by atoms with Crippen LogP contribution in [0.5, 0.6) is 0 Å². The third-order valence-corrected chi connectivity index (χ3v) is 15.6. The Bertz CT molecular complexity index is 4070. The van der Waals surface area contributed by atoms with Crippen molar-refractivity contribution in [3.05, 3.63) is 241 Å². The highest BCUT2D eigenvalue weighted by Crippen LogP contribution is 2.55. The zero-order valence-electron chi connectivity index (χ0n) is 39.1. The van der Waals surface area contributed by atoms with Crippen molar-refractivity contribution in [2.75, 3.05) is 4.90 Å². The maximum absolute atomic E-state index is 6.59. The standard InChI is InChI=1S/C66H48N2O/c1-65(2)56-27-12-9-23-51(56)63-57(65)28-16-29-60(63)67(46-20-14-17-43(37-46)47-24-15-25-50-49-22-10-13-30-62(49)69-64(47)50)45-34-31-41(32-35-45)42-33-36-59-53(38-42)54-39-52-48-21-8-11-26-55(48)66(3,4)58(52)40-61(54)68(59)44-18-6-5-7-19-44/h5-40H,1-4H3. The number of nitrogens with zero attached hydrogens (tertiary/aromatic N) is 2. The Balaban J connectivity index is 0.934. The summed E-state index contributed by atoms with van der Waals surface area (Å²) in [5.41, 5.74) is 23.8. The zero-order chi connectivity index (χ0) is 46.2. The van der Waals surface area contributed by atoms with Gasteiger partial charge in [0.2, 0.25) is 0 Å². The Kier molecular flexibility index (Phi) is 8.38. The average Bonchev–Trinajstić information content (AvgIpc) is 4.07. The first-order valence-electron chi connectivity index (χ1n) is 24.2. The second-order valence-electron chi connectivity index (χ2n) is 20.1. The van der Waals surface area contributed by atoms with E-state index in [-0.39, 0.29) is 10.8 Å². The highest BCUT2D eigenvalue weighted by molar-refractivity contribution is 6.13. The van der Waals surface area contributed by atoms with Crippen molar-refractivity contribution in [3.8, 4) is 50.2 Å². The van der Waals surface area contributed by atoms with Crippen molar-refractivity contribution in [1.82, 2.24) is 4.57 Å². The van der Waals surface area contributed by atoms with Crippen LogP contribution in [0.3, 0.4) is 0 Å². The van der Waals surface area contributed by atoms with Gasteiger partial charge in [0.05, 0.1) is 16.7 Å². The van der Waals surface area contributed by atoms with Crippen molar-refractivity contribution in [2.45, 2.75) is 38.5 Å². The molecule has 69 heavy (non-hydrogen) atoms. The Hall–Kier alpha value is -8.40. The molecule has 14 rings (SSSR count). The molecule has 2 aliphatic carbocycles. The normalized spacial score (nSPS) is 14.0. The van der Waals surface area contributed by atoms with Gasteiger partial charge in [-0.05, 0) is 128 Å². The van der Waals surface area contributed by atoms with Gasteiger partial charge in [0.1, 0.15) is 11.2 Å². The molecule has 0 atom stereocenters. The predicted molar refractivity (Wildman–Crippen MR) is 289 cm³/mol. The summed E-state index contributed by atoms with van der Waals surface area (Å²) >= 11 is 0. The molecule has 0 spiro atoms. The second kappa shape index (κ2) is 14.6. The number of fused-ring (bicyclic) bond motifs is 12. The van der Waals surface area contributed by atoms with Crippen LogP contribution in [0.25, 0.3) is 93.9 Å². The van der Waals surface area contributed by atoms with Gasteiger partial charge in [-0.25, -0.2) is 0 Å². The number of rotatable bonds is 6. The third-order valence-electron chi connectivity index (χ3n) is 15.6. The predicted octanol–water partition coefficient (Wildman–Crippen LogP) is 18.1. The molecule has 0 saturated heterocycles. The fourth-order valence-electron chi connectivity index (χ4n) is 12.2. The number of furan rings is 1. The molecule has 2 heterocycles. The monoisotopic (exact) mass is 884 g/mol. The summed E-state index contributed by atoms with van der Waals surface area (Å²) in [6.07, 6.45) is 0. The largest absolute Gasteiger partial charge is 0.455 e. The lowest BCUT2D eigenvalue weighted by molar-refractivity contribution is 0.660. The van der Waals surface area contributed by atoms with Crippen LogP contribution in [0.2, 0.25) is 0 Å². The SMILES string of the molecule is CC1(C)c2ccccc2-c2cc3c4cc(-c5ccc(N(c6cccc(-c7cccc8c7oc7ccccc78)c6)c6cccc7c6-c6ccccc6C7(C)C)cc5)ccc4n(-c4ccccc4)c3cc21. The lowest BCUT2D eigenvalue weighted by Gasteiger charge is -2.29. The lowest BCUT2D eigenvalue weighted by atomic mass is 9.82. The van der Waals surface area contributed by atoms with E-state index in [4.69, 9.17) is 4.42 Å². The molecule has 0 radical (unpaired) electrons. The third kappa shape index (κ3) is 5.74. The van der Waals surface area contributed by atoms with Gasteiger partial charge in [-0.3, -0.25) is 0 Å². The van der Waals surface area contributed by atoms with Gasteiger partial charge < -0.3 is 13.9 Å². The van der Waals surface area contributed by atoms with Crippen molar-refractivity contribution in [2.24, 2.45) is 0 Å². The van der Waals surface area contributed by atoms with Crippen LogP contribution in [0.15, 0.2) is 223 Å². The molecule has 0 aliphatic heterocycles. The number of para-hydroxylation sites is 3. The van der Waals surface area contributed by atoms with E-state index in [1.54, 1.807) is 0 Å². The molecule has 2 aromatic heterocycles. The summed E-state index contributed by atoms with van der Waals surface area (Å²) in [4.78, 5) is 2.46. The zero-order valence-corrected chi connectivity index (χ0v) is 39.1. The van der Waals surface area contributed by atoms with E-state index in [2.05, 4.69) is 249 Å². The van der Waals surface area contributed by atoms with Crippen molar-refractivity contribution >= 4 is 60.8 Å². The van der Waals surface area contributed by atoms with Crippen LogP contribution >= 0.6 is 0 Å².